The summed E-state index contributed by atoms with van der Waals surface area (Å²) in [6, 6.07) is 13.5. The lowest BCUT2D eigenvalue weighted by Gasteiger charge is -2.13. The van der Waals surface area contributed by atoms with Crippen molar-refractivity contribution in [3.8, 4) is 5.75 Å². The van der Waals surface area contributed by atoms with Crippen molar-refractivity contribution in [2.45, 2.75) is 19.5 Å². The van der Waals surface area contributed by atoms with Crippen LogP contribution < -0.4 is 15.0 Å². The normalized spacial score (nSPS) is 10.7. The van der Waals surface area contributed by atoms with Gasteiger partial charge in [0.15, 0.2) is 0 Å². The average molecular weight is 348 g/mol. The van der Waals surface area contributed by atoms with E-state index in [0.717, 1.165) is 17.7 Å². The lowest BCUT2D eigenvalue weighted by Crippen LogP contribution is -3.04. The molecule has 2 aromatic carbocycles. The second-order valence-corrected chi connectivity index (χ2v) is 6.50. The average Bonchev–Trinajstić information content (AvgIpc) is 2.54. The number of carbonyl (C=O) groups excluding carboxylic acids is 1. The van der Waals surface area contributed by atoms with E-state index in [-0.39, 0.29) is 12.3 Å². The van der Waals surface area contributed by atoms with Crippen molar-refractivity contribution < 1.29 is 14.4 Å². The van der Waals surface area contributed by atoms with E-state index in [1.807, 2.05) is 12.1 Å². The third-order valence-electron chi connectivity index (χ3n) is 3.73. The van der Waals surface area contributed by atoms with Gasteiger partial charge in [0.25, 0.3) is 0 Å². The Balaban J connectivity index is 2.00. The van der Waals surface area contributed by atoms with Crippen LogP contribution in [-0.4, -0.2) is 27.1 Å². The van der Waals surface area contributed by atoms with Gasteiger partial charge < -0.3 is 15.0 Å². The molecule has 0 saturated carbocycles. The highest BCUT2D eigenvalue weighted by atomic mass is 35.5. The van der Waals surface area contributed by atoms with E-state index in [4.69, 9.17) is 16.3 Å². The third kappa shape index (κ3) is 5.25. The number of amides is 1. The molecule has 1 amide bonds. The highest BCUT2D eigenvalue weighted by Gasteiger charge is 2.11. The van der Waals surface area contributed by atoms with Crippen LogP contribution >= 0.6 is 11.6 Å². The number of nitrogens with one attached hydrogen (secondary N) is 2. The molecule has 0 aliphatic rings. The molecule has 24 heavy (non-hydrogen) atoms. The van der Waals surface area contributed by atoms with Crippen LogP contribution in [0.2, 0.25) is 5.02 Å². The van der Waals surface area contributed by atoms with Gasteiger partial charge >= 0.3 is 0 Å². The fraction of sp³-hybridized carbons (Fsp3) is 0.316. The van der Waals surface area contributed by atoms with Crippen LogP contribution in [0.4, 0.5) is 0 Å². The van der Waals surface area contributed by atoms with Gasteiger partial charge in [0.2, 0.25) is 5.91 Å². The standard InChI is InChI=1S/C19H23ClN2O2/c1-22(2)13-15-7-5-4-6-14(15)12-21-19(23)11-16-10-17(20)8-9-18(16)24-3/h4-10H,11-13H2,1-3H3,(H,21,23)/p+1. The van der Waals surface area contributed by atoms with E-state index in [0.29, 0.717) is 17.3 Å². The first-order valence-electron chi connectivity index (χ1n) is 7.94. The topological polar surface area (TPSA) is 42.8 Å². The van der Waals surface area contributed by atoms with Gasteiger partial charge in [-0.05, 0) is 23.8 Å². The van der Waals surface area contributed by atoms with Crippen molar-refractivity contribution in [1.29, 1.82) is 0 Å². The van der Waals surface area contributed by atoms with Gasteiger partial charge in [0.1, 0.15) is 12.3 Å². The smallest absolute Gasteiger partial charge is 0.224 e. The zero-order valence-electron chi connectivity index (χ0n) is 14.4. The predicted octanol–water partition coefficient (Wildman–Crippen LogP) is 1.85. The van der Waals surface area contributed by atoms with Crippen LogP contribution in [0.1, 0.15) is 16.7 Å². The Bertz CT molecular complexity index is 702. The minimum absolute atomic E-state index is 0.0532. The molecule has 0 radical (unpaired) electrons. The summed E-state index contributed by atoms with van der Waals surface area (Å²) in [7, 11) is 5.81. The Kier molecular flexibility index (Phi) is 6.64. The Morgan fingerprint density at radius 3 is 2.50 bits per heavy atom. The van der Waals surface area contributed by atoms with Gasteiger partial charge in [-0.25, -0.2) is 0 Å². The third-order valence-corrected chi connectivity index (χ3v) is 3.97. The summed E-state index contributed by atoms with van der Waals surface area (Å²) in [5.41, 5.74) is 3.18. The molecule has 5 heteroatoms. The predicted molar refractivity (Wildman–Crippen MR) is 96.5 cm³/mol. The molecule has 0 aliphatic carbocycles. The second kappa shape index (κ2) is 8.71. The molecule has 0 heterocycles. The van der Waals surface area contributed by atoms with Gasteiger partial charge in [-0.15, -0.1) is 0 Å². The molecule has 128 valence electrons. The summed E-state index contributed by atoms with van der Waals surface area (Å²) < 4.78 is 5.29. The number of quaternary nitrogens is 1. The Labute approximate surface area is 148 Å². The van der Waals surface area contributed by atoms with Crippen LogP contribution in [0.3, 0.4) is 0 Å². The van der Waals surface area contributed by atoms with E-state index in [2.05, 4.69) is 31.5 Å². The van der Waals surface area contributed by atoms with Gasteiger partial charge in [-0.1, -0.05) is 35.9 Å². The van der Waals surface area contributed by atoms with E-state index in [9.17, 15) is 4.79 Å². The number of rotatable bonds is 7. The van der Waals surface area contributed by atoms with Gasteiger partial charge in [0, 0.05) is 22.7 Å². The summed E-state index contributed by atoms with van der Waals surface area (Å²) in [6.45, 7) is 1.44. The number of hydrogen-bond acceptors (Lipinski definition) is 2. The Morgan fingerprint density at radius 1 is 1.12 bits per heavy atom. The highest BCUT2D eigenvalue weighted by Crippen LogP contribution is 2.23. The number of benzene rings is 2. The van der Waals surface area contributed by atoms with Crippen LogP contribution in [-0.2, 0) is 24.3 Å². The zero-order valence-corrected chi connectivity index (χ0v) is 15.1. The minimum atomic E-state index is -0.0532. The zero-order chi connectivity index (χ0) is 17.5. The van der Waals surface area contributed by atoms with Crippen molar-refractivity contribution in [1.82, 2.24) is 5.32 Å². The molecular weight excluding hydrogens is 324 g/mol. The minimum Gasteiger partial charge on any atom is -0.496 e. The van der Waals surface area contributed by atoms with Crippen molar-refractivity contribution in [3.05, 3.63) is 64.2 Å². The van der Waals surface area contributed by atoms with Crippen molar-refractivity contribution in [3.63, 3.8) is 0 Å². The molecule has 2 aromatic rings. The van der Waals surface area contributed by atoms with Gasteiger partial charge in [0.05, 0.1) is 27.6 Å². The van der Waals surface area contributed by atoms with Crippen LogP contribution in [0, 0.1) is 0 Å². The molecular formula is C19H24ClN2O2+. The first-order chi connectivity index (χ1) is 11.5. The molecule has 0 atom stereocenters. The Morgan fingerprint density at radius 2 is 1.83 bits per heavy atom. The molecule has 0 spiro atoms. The summed E-state index contributed by atoms with van der Waals surface area (Å²) in [6.07, 6.45) is 0.241. The molecule has 0 unspecified atom stereocenters. The SMILES string of the molecule is COc1ccc(Cl)cc1CC(=O)NCc1ccccc1C[NH+](C)C. The molecule has 0 aromatic heterocycles. The van der Waals surface area contributed by atoms with E-state index in [1.54, 1.807) is 25.3 Å². The number of ether oxygens (including phenoxy) is 1. The number of methoxy groups -OCH3 is 1. The fourth-order valence-corrected chi connectivity index (χ4v) is 2.79. The molecule has 4 nitrogen and oxygen atoms in total. The maximum Gasteiger partial charge on any atom is 0.224 e. The first kappa shape index (κ1) is 18.3. The highest BCUT2D eigenvalue weighted by molar-refractivity contribution is 6.30. The van der Waals surface area contributed by atoms with Crippen molar-refractivity contribution in [2.24, 2.45) is 0 Å². The second-order valence-electron chi connectivity index (χ2n) is 6.06. The molecule has 0 bridgehead atoms. The summed E-state index contributed by atoms with van der Waals surface area (Å²) in [4.78, 5) is 13.6. The van der Waals surface area contributed by atoms with Crippen LogP contribution in [0.15, 0.2) is 42.5 Å². The van der Waals surface area contributed by atoms with Crippen molar-refractivity contribution in [2.75, 3.05) is 21.2 Å². The van der Waals surface area contributed by atoms with Crippen LogP contribution in [0.25, 0.3) is 0 Å². The largest absolute Gasteiger partial charge is 0.496 e. The van der Waals surface area contributed by atoms with Crippen LogP contribution in [0.5, 0.6) is 5.75 Å². The maximum absolute atomic E-state index is 12.3. The summed E-state index contributed by atoms with van der Waals surface area (Å²) in [5.74, 6) is 0.619. The van der Waals surface area contributed by atoms with E-state index < -0.39 is 0 Å². The lowest BCUT2D eigenvalue weighted by atomic mass is 10.1. The van der Waals surface area contributed by atoms with Gasteiger partial charge in [-0.3, -0.25) is 4.79 Å². The van der Waals surface area contributed by atoms with Crippen molar-refractivity contribution >= 4 is 17.5 Å². The lowest BCUT2D eigenvalue weighted by molar-refractivity contribution is -0.872. The summed E-state index contributed by atoms with van der Waals surface area (Å²) in [5, 5.41) is 3.58. The maximum atomic E-state index is 12.3. The molecule has 0 aliphatic heterocycles. The molecule has 0 fully saturated rings. The first-order valence-corrected chi connectivity index (χ1v) is 8.32. The van der Waals surface area contributed by atoms with E-state index in [1.165, 1.54) is 10.5 Å². The monoisotopic (exact) mass is 347 g/mol. The fourth-order valence-electron chi connectivity index (χ4n) is 2.60. The number of halogens is 1. The Hall–Kier alpha value is -2.04. The van der Waals surface area contributed by atoms with E-state index >= 15 is 0 Å². The molecule has 2 N–H and O–H groups in total. The number of carbonyl (C=O) groups is 1. The van der Waals surface area contributed by atoms with Gasteiger partial charge in [-0.2, -0.15) is 0 Å². The summed E-state index contributed by atoms with van der Waals surface area (Å²) >= 11 is 6.01. The molecule has 0 saturated heterocycles. The number of hydrogen-bond donors (Lipinski definition) is 2. The molecule has 2 rings (SSSR count). The quantitative estimate of drug-likeness (QED) is 0.802.